The lowest BCUT2D eigenvalue weighted by molar-refractivity contribution is -0.122. The Hall–Kier alpha value is -1.39. The van der Waals surface area contributed by atoms with Crippen LogP contribution in [0.25, 0.3) is 0 Å². The molecule has 0 radical (unpaired) electrons. The number of rotatable bonds is 8. The van der Waals surface area contributed by atoms with Gasteiger partial charge in [-0.25, -0.2) is 0 Å². The number of carbonyl (C=O) groups is 1. The molecule has 2 N–H and O–H groups in total. The molecule has 3 rings (SSSR count). The van der Waals surface area contributed by atoms with Crippen molar-refractivity contribution in [2.24, 2.45) is 5.92 Å². The fraction of sp³-hybridized carbons (Fsp3) is 0.632. The third kappa shape index (κ3) is 5.05. The summed E-state index contributed by atoms with van der Waals surface area (Å²) in [6.45, 7) is 1.32. The Morgan fingerprint density at radius 1 is 1.30 bits per heavy atom. The Bertz CT molecular complexity index is 527. The summed E-state index contributed by atoms with van der Waals surface area (Å²) in [6, 6.07) is 8.43. The topological polar surface area (TPSA) is 58.6 Å². The molecule has 0 spiro atoms. The number of aryl methyl sites for hydroxylation is 1. The van der Waals surface area contributed by atoms with Crippen LogP contribution in [-0.4, -0.2) is 36.9 Å². The van der Waals surface area contributed by atoms with Gasteiger partial charge in [-0.1, -0.05) is 24.3 Å². The normalized spacial score (nSPS) is 21.5. The number of ether oxygens (including phenoxy) is 1. The molecule has 2 aliphatic carbocycles. The largest absolute Gasteiger partial charge is 0.389 e. The standard InChI is InChI=1S/C19H27NO3/c21-17(13-23-12-14-8-9-14)11-20-19(22)10-16-6-3-5-15-4-1-2-7-18(15)16/h1-2,4,7,14,16-17,21H,3,5-6,8-13H2,(H,20,22). The van der Waals surface area contributed by atoms with E-state index in [1.54, 1.807) is 0 Å². The highest BCUT2D eigenvalue weighted by molar-refractivity contribution is 5.77. The van der Waals surface area contributed by atoms with Crippen molar-refractivity contribution < 1.29 is 14.6 Å². The lowest BCUT2D eigenvalue weighted by atomic mass is 9.81. The van der Waals surface area contributed by atoms with E-state index < -0.39 is 6.10 Å². The van der Waals surface area contributed by atoms with Gasteiger partial charge >= 0.3 is 0 Å². The van der Waals surface area contributed by atoms with Gasteiger partial charge in [0.05, 0.1) is 12.7 Å². The van der Waals surface area contributed by atoms with Gasteiger partial charge in [0, 0.05) is 19.6 Å². The average Bonchev–Trinajstić information content (AvgIpc) is 3.38. The van der Waals surface area contributed by atoms with Crippen LogP contribution < -0.4 is 5.32 Å². The summed E-state index contributed by atoms with van der Waals surface area (Å²) in [7, 11) is 0. The number of hydrogen-bond acceptors (Lipinski definition) is 3. The number of carbonyl (C=O) groups excluding carboxylic acids is 1. The van der Waals surface area contributed by atoms with Crippen molar-refractivity contribution in [3.05, 3.63) is 35.4 Å². The molecule has 0 saturated heterocycles. The molecule has 23 heavy (non-hydrogen) atoms. The van der Waals surface area contributed by atoms with E-state index in [1.165, 1.54) is 24.0 Å². The molecule has 0 aliphatic heterocycles. The van der Waals surface area contributed by atoms with Gasteiger partial charge < -0.3 is 15.2 Å². The molecule has 0 aromatic heterocycles. The minimum Gasteiger partial charge on any atom is -0.389 e. The molecule has 126 valence electrons. The summed E-state index contributed by atoms with van der Waals surface area (Å²) in [5.74, 6) is 1.03. The number of aliphatic hydroxyl groups is 1. The van der Waals surface area contributed by atoms with Gasteiger partial charge in [-0.15, -0.1) is 0 Å². The van der Waals surface area contributed by atoms with Crippen LogP contribution in [0.5, 0.6) is 0 Å². The lowest BCUT2D eigenvalue weighted by Crippen LogP contribution is -2.35. The van der Waals surface area contributed by atoms with Crippen LogP contribution in [-0.2, 0) is 16.0 Å². The minimum absolute atomic E-state index is 0.0212. The van der Waals surface area contributed by atoms with Crippen LogP contribution in [0, 0.1) is 5.92 Å². The summed E-state index contributed by atoms with van der Waals surface area (Å²) in [5, 5.41) is 12.7. The second-order valence-corrected chi connectivity index (χ2v) is 6.93. The van der Waals surface area contributed by atoms with Crippen LogP contribution in [0.1, 0.15) is 49.1 Å². The zero-order chi connectivity index (χ0) is 16.1. The molecule has 1 fully saturated rings. The average molecular weight is 317 g/mol. The fourth-order valence-electron chi connectivity index (χ4n) is 3.31. The summed E-state index contributed by atoms with van der Waals surface area (Å²) in [4.78, 5) is 12.2. The predicted molar refractivity (Wildman–Crippen MR) is 89.3 cm³/mol. The molecule has 1 saturated carbocycles. The Morgan fingerprint density at radius 2 is 2.13 bits per heavy atom. The number of hydrogen-bond donors (Lipinski definition) is 2. The second kappa shape index (κ2) is 7.93. The highest BCUT2D eigenvalue weighted by Gasteiger charge is 2.23. The van der Waals surface area contributed by atoms with Crippen molar-refractivity contribution in [3.8, 4) is 0 Å². The first-order valence-corrected chi connectivity index (χ1v) is 8.82. The fourth-order valence-corrected chi connectivity index (χ4v) is 3.31. The van der Waals surface area contributed by atoms with E-state index in [-0.39, 0.29) is 12.5 Å². The molecule has 4 nitrogen and oxygen atoms in total. The highest BCUT2D eigenvalue weighted by Crippen LogP contribution is 2.33. The maximum Gasteiger partial charge on any atom is 0.220 e. The van der Waals surface area contributed by atoms with Gasteiger partial charge in [-0.3, -0.25) is 4.79 Å². The first-order chi connectivity index (χ1) is 11.2. The van der Waals surface area contributed by atoms with Gasteiger partial charge in [0.2, 0.25) is 5.91 Å². The lowest BCUT2D eigenvalue weighted by Gasteiger charge is -2.25. The molecule has 1 aromatic carbocycles. The minimum atomic E-state index is -0.614. The Balaban J connectivity index is 1.39. The molecule has 0 heterocycles. The maximum absolute atomic E-state index is 12.2. The van der Waals surface area contributed by atoms with Crippen molar-refractivity contribution in [1.82, 2.24) is 5.32 Å². The highest BCUT2D eigenvalue weighted by atomic mass is 16.5. The SMILES string of the molecule is O=C(CC1CCCc2ccccc21)NCC(O)COCC1CC1. The Kier molecular flexibility index (Phi) is 5.68. The summed E-state index contributed by atoms with van der Waals surface area (Å²) < 4.78 is 5.45. The van der Waals surface area contributed by atoms with Gasteiger partial charge in [0.15, 0.2) is 0 Å². The number of nitrogens with one attached hydrogen (secondary N) is 1. The molecular formula is C19H27NO3. The number of fused-ring (bicyclic) bond motifs is 1. The van der Waals surface area contributed by atoms with E-state index in [0.29, 0.717) is 24.9 Å². The summed E-state index contributed by atoms with van der Waals surface area (Å²) in [6.07, 6.45) is 5.71. The van der Waals surface area contributed by atoms with Crippen molar-refractivity contribution in [1.29, 1.82) is 0 Å². The third-order valence-electron chi connectivity index (χ3n) is 4.82. The predicted octanol–water partition coefficient (Wildman–Crippen LogP) is 2.40. The van der Waals surface area contributed by atoms with Crippen LogP contribution in [0.3, 0.4) is 0 Å². The number of benzene rings is 1. The van der Waals surface area contributed by atoms with E-state index in [9.17, 15) is 9.90 Å². The monoisotopic (exact) mass is 317 g/mol. The van der Waals surface area contributed by atoms with Crippen LogP contribution >= 0.6 is 0 Å². The van der Waals surface area contributed by atoms with Gasteiger partial charge in [0.25, 0.3) is 0 Å². The smallest absolute Gasteiger partial charge is 0.220 e. The zero-order valence-corrected chi connectivity index (χ0v) is 13.7. The molecule has 2 unspecified atom stereocenters. The van der Waals surface area contributed by atoms with E-state index in [0.717, 1.165) is 25.9 Å². The third-order valence-corrected chi connectivity index (χ3v) is 4.82. The van der Waals surface area contributed by atoms with E-state index >= 15 is 0 Å². The maximum atomic E-state index is 12.2. The summed E-state index contributed by atoms with van der Waals surface area (Å²) >= 11 is 0. The first-order valence-electron chi connectivity index (χ1n) is 8.82. The van der Waals surface area contributed by atoms with Crippen molar-refractivity contribution in [2.45, 2.75) is 50.5 Å². The van der Waals surface area contributed by atoms with Crippen LogP contribution in [0.2, 0.25) is 0 Å². The zero-order valence-electron chi connectivity index (χ0n) is 13.7. The molecule has 2 aliphatic rings. The van der Waals surface area contributed by atoms with Crippen molar-refractivity contribution in [2.75, 3.05) is 19.8 Å². The molecular weight excluding hydrogens is 290 g/mol. The first kappa shape index (κ1) is 16.5. The van der Waals surface area contributed by atoms with E-state index in [4.69, 9.17) is 4.74 Å². The van der Waals surface area contributed by atoms with Crippen LogP contribution in [0.15, 0.2) is 24.3 Å². The Labute approximate surface area is 138 Å². The van der Waals surface area contributed by atoms with E-state index in [1.807, 2.05) is 0 Å². The van der Waals surface area contributed by atoms with Crippen molar-refractivity contribution >= 4 is 5.91 Å². The summed E-state index contributed by atoms with van der Waals surface area (Å²) in [5.41, 5.74) is 2.70. The number of amides is 1. The Morgan fingerprint density at radius 3 is 2.96 bits per heavy atom. The van der Waals surface area contributed by atoms with Crippen molar-refractivity contribution in [3.63, 3.8) is 0 Å². The van der Waals surface area contributed by atoms with E-state index in [2.05, 4.69) is 29.6 Å². The van der Waals surface area contributed by atoms with Gasteiger partial charge in [-0.05, 0) is 55.1 Å². The quantitative estimate of drug-likeness (QED) is 0.774. The van der Waals surface area contributed by atoms with Gasteiger partial charge in [-0.2, -0.15) is 0 Å². The molecule has 2 atom stereocenters. The van der Waals surface area contributed by atoms with Crippen LogP contribution in [0.4, 0.5) is 0 Å². The molecule has 0 bridgehead atoms. The molecule has 1 aromatic rings. The molecule has 1 amide bonds. The second-order valence-electron chi connectivity index (χ2n) is 6.93. The van der Waals surface area contributed by atoms with Gasteiger partial charge in [0.1, 0.15) is 0 Å². The molecule has 4 heteroatoms. The number of aliphatic hydroxyl groups excluding tert-OH is 1.